The molecule has 1 amide bonds. The van der Waals surface area contributed by atoms with Crippen molar-refractivity contribution in [1.29, 1.82) is 0 Å². The first-order chi connectivity index (χ1) is 19.5. The highest BCUT2D eigenvalue weighted by molar-refractivity contribution is 6.77. The summed E-state index contributed by atoms with van der Waals surface area (Å²) in [5.74, 6) is 0.207. The van der Waals surface area contributed by atoms with E-state index in [1.165, 1.54) is 19.1 Å². The van der Waals surface area contributed by atoms with E-state index in [9.17, 15) is 9.18 Å². The predicted molar refractivity (Wildman–Crippen MR) is 171 cm³/mol. The molecule has 0 aromatic heterocycles. The second kappa shape index (κ2) is 14.8. The molecule has 0 N–H and O–H groups in total. The Labute approximate surface area is 248 Å². The molecule has 0 bridgehead atoms. The van der Waals surface area contributed by atoms with E-state index in [-0.39, 0.29) is 18.3 Å². The van der Waals surface area contributed by atoms with Crippen molar-refractivity contribution >= 4 is 19.9 Å². The normalized spacial score (nSPS) is 11.9. The second-order valence-corrected chi connectivity index (χ2v) is 17.3. The molecule has 0 fully saturated rings. The largest absolute Gasteiger partial charge is 0.491 e. The second-order valence-electron chi connectivity index (χ2n) is 11.9. The first-order valence-electron chi connectivity index (χ1n) is 15.0. The van der Waals surface area contributed by atoms with Crippen molar-refractivity contribution in [3.8, 4) is 5.75 Å². The van der Waals surface area contributed by atoms with E-state index in [1.54, 1.807) is 11.0 Å². The zero-order chi connectivity index (χ0) is 30.2. The third-order valence-corrected chi connectivity index (χ3v) is 14.3. The summed E-state index contributed by atoms with van der Waals surface area (Å²) in [5.41, 5.74) is 6.14. The minimum atomic E-state index is -1.99. The summed E-state index contributed by atoms with van der Waals surface area (Å²) in [5, 5.41) is 0. The van der Waals surface area contributed by atoms with Gasteiger partial charge in [-0.1, -0.05) is 97.0 Å². The Morgan fingerprint density at radius 1 is 0.829 bits per heavy atom. The zero-order valence-corrected chi connectivity index (χ0v) is 27.2. The maximum atomic E-state index is 14.5. The number of benzene rings is 3. The molecule has 222 valence electrons. The summed E-state index contributed by atoms with van der Waals surface area (Å²) in [4.78, 5) is 14.7. The maximum Gasteiger partial charge on any atom is 0.224 e. The molecule has 0 atom stereocenters. The van der Waals surface area contributed by atoms with Gasteiger partial charge in [0, 0.05) is 12.5 Å². The SMILES string of the molecule is CCc1ccc(OCCO[Si](C(C)C)(C(C)C)C(C)C)c(CN(C(C)=O)c2cc(F)ccc2Cc2ccccc2)c1. The van der Waals surface area contributed by atoms with Crippen LogP contribution < -0.4 is 9.64 Å². The van der Waals surface area contributed by atoms with Crippen molar-refractivity contribution in [2.24, 2.45) is 0 Å². The first-order valence-corrected chi connectivity index (χ1v) is 17.1. The number of halogens is 1. The standard InChI is InChI=1S/C35H48FNO3Si/c1-9-29-15-18-35(39-19-20-40-41(25(2)3,26(4)5)27(6)7)32(21-29)24-37(28(8)38)34-23-33(36)17-16-31(34)22-30-13-11-10-12-14-30/h10-18,21,23,25-27H,9,19-20,22,24H2,1-8H3. The van der Waals surface area contributed by atoms with Crippen LogP contribution in [0.2, 0.25) is 16.6 Å². The maximum absolute atomic E-state index is 14.5. The number of amides is 1. The van der Waals surface area contributed by atoms with Crippen LogP contribution in [-0.4, -0.2) is 27.4 Å². The van der Waals surface area contributed by atoms with E-state index in [2.05, 4.69) is 60.6 Å². The van der Waals surface area contributed by atoms with E-state index in [0.717, 1.165) is 34.4 Å². The molecule has 0 heterocycles. The van der Waals surface area contributed by atoms with Crippen LogP contribution in [0.3, 0.4) is 0 Å². The quantitative estimate of drug-likeness (QED) is 0.142. The van der Waals surface area contributed by atoms with Gasteiger partial charge in [-0.15, -0.1) is 0 Å². The third-order valence-electron chi connectivity index (χ3n) is 8.22. The Hall–Kier alpha value is -2.96. The molecule has 0 aliphatic carbocycles. The van der Waals surface area contributed by atoms with Gasteiger partial charge in [0.05, 0.1) is 18.8 Å². The van der Waals surface area contributed by atoms with Crippen LogP contribution in [0.1, 0.15) is 77.6 Å². The fourth-order valence-electron chi connectivity index (χ4n) is 6.28. The minimum absolute atomic E-state index is 0.150. The molecule has 0 saturated heterocycles. The molecule has 3 rings (SSSR count). The molecule has 0 radical (unpaired) electrons. The average molecular weight is 578 g/mol. The van der Waals surface area contributed by atoms with Crippen molar-refractivity contribution in [2.45, 2.75) is 91.4 Å². The number of ether oxygens (including phenoxy) is 1. The fraction of sp³-hybridized carbons (Fsp3) is 0.457. The summed E-state index contributed by atoms with van der Waals surface area (Å²) < 4.78 is 27.6. The molecule has 3 aromatic carbocycles. The molecule has 0 aliphatic rings. The highest BCUT2D eigenvalue weighted by atomic mass is 28.4. The molecule has 0 spiro atoms. The molecule has 6 heteroatoms. The van der Waals surface area contributed by atoms with Crippen LogP contribution in [0.4, 0.5) is 10.1 Å². The lowest BCUT2D eigenvalue weighted by Gasteiger charge is -2.42. The molecule has 0 unspecified atom stereocenters. The number of hydrogen-bond donors (Lipinski definition) is 0. The van der Waals surface area contributed by atoms with Crippen molar-refractivity contribution in [3.63, 3.8) is 0 Å². The zero-order valence-electron chi connectivity index (χ0n) is 26.2. The number of aryl methyl sites for hydroxylation is 1. The van der Waals surface area contributed by atoms with Crippen LogP contribution in [0, 0.1) is 5.82 Å². The lowest BCUT2D eigenvalue weighted by molar-refractivity contribution is -0.116. The number of nitrogens with zero attached hydrogens (tertiary/aromatic N) is 1. The number of hydrogen-bond acceptors (Lipinski definition) is 3. The third kappa shape index (κ3) is 8.07. The monoisotopic (exact) mass is 577 g/mol. The van der Waals surface area contributed by atoms with Gasteiger partial charge in [-0.2, -0.15) is 0 Å². The molecule has 0 aliphatic heterocycles. The highest BCUT2D eigenvalue weighted by Crippen LogP contribution is 2.42. The van der Waals surface area contributed by atoms with Crippen LogP contribution in [0.15, 0.2) is 66.7 Å². The molecular weight excluding hydrogens is 529 g/mol. The lowest BCUT2D eigenvalue weighted by Crippen LogP contribution is -2.48. The van der Waals surface area contributed by atoms with Gasteiger partial charge in [0.2, 0.25) is 5.91 Å². The highest BCUT2D eigenvalue weighted by Gasteiger charge is 2.44. The van der Waals surface area contributed by atoms with Gasteiger partial charge in [0.25, 0.3) is 0 Å². The van der Waals surface area contributed by atoms with E-state index in [1.807, 2.05) is 36.4 Å². The van der Waals surface area contributed by atoms with E-state index in [4.69, 9.17) is 9.16 Å². The van der Waals surface area contributed by atoms with E-state index in [0.29, 0.717) is 41.9 Å². The van der Waals surface area contributed by atoms with Crippen LogP contribution in [0.5, 0.6) is 5.75 Å². The van der Waals surface area contributed by atoms with Gasteiger partial charge in [0.1, 0.15) is 18.2 Å². The fourth-order valence-corrected chi connectivity index (χ4v) is 11.7. The van der Waals surface area contributed by atoms with Gasteiger partial charge in [0.15, 0.2) is 8.32 Å². The van der Waals surface area contributed by atoms with Gasteiger partial charge >= 0.3 is 0 Å². The van der Waals surface area contributed by atoms with Gasteiger partial charge < -0.3 is 14.1 Å². The van der Waals surface area contributed by atoms with Gasteiger partial charge in [-0.05, 0) is 64.4 Å². The van der Waals surface area contributed by atoms with Crippen LogP contribution in [0.25, 0.3) is 0 Å². The predicted octanol–water partition coefficient (Wildman–Crippen LogP) is 9.10. The molecule has 41 heavy (non-hydrogen) atoms. The van der Waals surface area contributed by atoms with Gasteiger partial charge in [-0.3, -0.25) is 4.79 Å². The van der Waals surface area contributed by atoms with Gasteiger partial charge in [-0.25, -0.2) is 4.39 Å². The van der Waals surface area contributed by atoms with Crippen molar-refractivity contribution in [2.75, 3.05) is 18.1 Å². The summed E-state index contributed by atoms with van der Waals surface area (Å²) in [6, 6.07) is 20.9. The molecule has 4 nitrogen and oxygen atoms in total. The number of rotatable bonds is 14. The minimum Gasteiger partial charge on any atom is -0.491 e. The summed E-state index contributed by atoms with van der Waals surface area (Å²) >= 11 is 0. The number of anilines is 1. The van der Waals surface area contributed by atoms with Crippen molar-refractivity contribution in [1.82, 2.24) is 0 Å². The Bertz CT molecular complexity index is 1250. The van der Waals surface area contributed by atoms with Crippen molar-refractivity contribution in [3.05, 3.63) is 94.8 Å². The summed E-state index contributed by atoms with van der Waals surface area (Å²) in [7, 11) is -1.99. The summed E-state index contributed by atoms with van der Waals surface area (Å²) in [6.45, 7) is 18.6. The topological polar surface area (TPSA) is 38.8 Å². The molecular formula is C35H48FNO3Si. The van der Waals surface area contributed by atoms with E-state index < -0.39 is 8.32 Å². The van der Waals surface area contributed by atoms with Crippen LogP contribution in [-0.2, 0) is 28.6 Å². The Balaban J connectivity index is 1.87. The number of carbonyl (C=O) groups is 1. The van der Waals surface area contributed by atoms with Crippen molar-refractivity contribution < 1.29 is 18.3 Å². The average Bonchev–Trinajstić information content (AvgIpc) is 2.93. The molecule has 0 saturated carbocycles. The Morgan fingerprint density at radius 2 is 1.49 bits per heavy atom. The van der Waals surface area contributed by atoms with E-state index >= 15 is 0 Å². The van der Waals surface area contributed by atoms with Crippen LogP contribution >= 0.6 is 0 Å². The lowest BCUT2D eigenvalue weighted by atomic mass is 10.0. The number of carbonyl (C=O) groups excluding carboxylic acids is 1. The Kier molecular flexibility index (Phi) is 11.7. The summed E-state index contributed by atoms with van der Waals surface area (Å²) in [6.07, 6.45) is 1.46. The molecule has 3 aromatic rings. The smallest absolute Gasteiger partial charge is 0.224 e. The first kappa shape index (κ1) is 32.6. The Morgan fingerprint density at radius 3 is 2.07 bits per heavy atom.